The third kappa shape index (κ3) is 5.64. The Labute approximate surface area is 139 Å². The number of nitrogens with one attached hydrogen (secondary N) is 1. The zero-order chi connectivity index (χ0) is 12.1. The Bertz CT molecular complexity index is 515. The minimum atomic E-state index is -0.309. The molecule has 1 aliphatic heterocycles. The van der Waals surface area contributed by atoms with Gasteiger partial charge in [-0.3, -0.25) is 5.32 Å². The summed E-state index contributed by atoms with van der Waals surface area (Å²) in [5.74, 6) is 0.606. The average molecular weight is 748 g/mol. The van der Waals surface area contributed by atoms with Crippen molar-refractivity contribution in [3.8, 4) is 5.75 Å². The van der Waals surface area contributed by atoms with E-state index in [9.17, 15) is 4.79 Å². The fourth-order valence-electron chi connectivity index (χ4n) is 0.871. The molecular formula is C9H6BrI4NO2. The van der Waals surface area contributed by atoms with Crippen LogP contribution in [0.2, 0.25) is 0 Å². The fourth-order valence-corrected chi connectivity index (χ4v) is 68.3. The zero-order valence-corrected chi connectivity index (χ0v) is 18.3. The molecule has 2 rings (SSSR count). The van der Waals surface area contributed by atoms with Crippen molar-refractivity contribution in [2.45, 2.75) is 0 Å². The molecule has 8 heteroatoms. The van der Waals surface area contributed by atoms with Crippen molar-refractivity contribution in [1.29, 1.82) is 0 Å². The Morgan fingerprint density at radius 2 is 1.94 bits per heavy atom. The zero-order valence-electron chi connectivity index (χ0n) is 8.09. The van der Waals surface area contributed by atoms with Crippen LogP contribution in [-0.4, -0.2) is 8.16 Å². The first-order chi connectivity index (χ1) is 8.24. The number of carbonyl (C=O) groups excluding carboxylic acids is 1. The van der Waals surface area contributed by atoms with Gasteiger partial charge in [0.05, 0.1) is 0.425 Å². The van der Waals surface area contributed by atoms with Gasteiger partial charge in [0.2, 0.25) is 0 Å². The number of benzene rings is 1. The van der Waals surface area contributed by atoms with Crippen molar-refractivity contribution < 1.29 is 9.53 Å². The number of rotatable bonds is 2. The molecule has 0 aliphatic carbocycles. The van der Waals surface area contributed by atoms with Crippen LogP contribution in [0, 0.1) is 0 Å². The van der Waals surface area contributed by atoms with Gasteiger partial charge < -0.3 is 4.74 Å². The van der Waals surface area contributed by atoms with Crippen molar-refractivity contribution >= 4 is 90.8 Å². The molecule has 0 bridgehead atoms. The number of para-hydroxylation sites is 1. The van der Waals surface area contributed by atoms with E-state index in [0.717, 1.165) is 0 Å². The second-order valence-corrected chi connectivity index (χ2v) is 27.4. The second-order valence-electron chi connectivity index (χ2n) is 2.59. The number of hydrogen-bond donors (Lipinski definition) is 1. The van der Waals surface area contributed by atoms with Crippen molar-refractivity contribution in [2.24, 2.45) is 0 Å². The van der Waals surface area contributed by atoms with Gasteiger partial charge in [-0.25, -0.2) is 4.79 Å². The highest BCUT2D eigenvalue weighted by Gasteiger charge is 2.07. The lowest BCUT2D eigenvalue weighted by Crippen LogP contribution is -2.28. The maximum absolute atomic E-state index is 11.6. The van der Waals surface area contributed by atoms with Crippen molar-refractivity contribution in [3.63, 3.8) is 0 Å². The molecule has 1 aromatic carbocycles. The van der Waals surface area contributed by atoms with Gasteiger partial charge in [-0.2, -0.15) is 0 Å². The van der Waals surface area contributed by atoms with Gasteiger partial charge in [0, 0.05) is 0 Å². The van der Waals surface area contributed by atoms with E-state index >= 15 is 0 Å². The van der Waals surface area contributed by atoms with Crippen LogP contribution < -0.4 is 10.1 Å². The molecule has 1 aliphatic rings. The maximum Gasteiger partial charge on any atom is 0.417 e. The molecule has 1 amide bonds. The molecule has 0 saturated carbocycles. The third-order valence-electron chi connectivity index (χ3n) is 1.46. The van der Waals surface area contributed by atoms with Crippen LogP contribution in [0.4, 0.5) is 4.79 Å². The molecule has 1 N–H and O–H groups in total. The topological polar surface area (TPSA) is 38.3 Å². The van der Waals surface area contributed by atoms with Gasteiger partial charge in [0.25, 0.3) is 0 Å². The van der Waals surface area contributed by atoms with E-state index in [0.29, 0.717) is 5.75 Å². The molecule has 0 aromatic heterocycles. The smallest absolute Gasteiger partial charge is 0.410 e. The number of ether oxygens (including phenoxy) is 1. The fraction of sp³-hybridized carbons (Fsp3) is 0. The molecule has 94 valence electrons. The van der Waals surface area contributed by atoms with Crippen LogP contribution in [-0.2, 0) is 0 Å². The van der Waals surface area contributed by atoms with Gasteiger partial charge in [0.1, 0.15) is 7.39 Å². The number of carbonyl (C=O) groups is 1. The van der Waals surface area contributed by atoms with E-state index in [-0.39, 0.29) is 72.8 Å². The predicted octanol–water partition coefficient (Wildman–Crippen LogP) is 5.07. The first-order valence-electron chi connectivity index (χ1n) is 4.25. The first kappa shape index (κ1) is 15.0. The Balaban J connectivity index is 1.93. The highest BCUT2D eigenvalue weighted by molar-refractivity contribution is 15.1. The lowest BCUT2D eigenvalue weighted by molar-refractivity contribution is 0.206. The van der Waals surface area contributed by atoms with Gasteiger partial charge in [-0.05, 0) is 94.8 Å². The van der Waals surface area contributed by atoms with Crippen molar-refractivity contribution in [3.05, 3.63) is 30.3 Å². The monoisotopic (exact) mass is 747 g/mol. The lowest BCUT2D eigenvalue weighted by atomic mass is 10.3. The molecule has 3 nitrogen and oxygen atoms in total. The highest BCUT2D eigenvalue weighted by Crippen LogP contribution is 2.42. The molecule has 0 fully saturated rings. The van der Waals surface area contributed by atoms with Crippen LogP contribution in [0.1, 0.15) is 0 Å². The lowest BCUT2D eigenvalue weighted by Gasteiger charge is -2.06. The van der Waals surface area contributed by atoms with E-state index in [1.54, 1.807) is 12.6 Å². The summed E-state index contributed by atoms with van der Waals surface area (Å²) in [5, 5.41) is 2.96. The van der Waals surface area contributed by atoms with Crippen molar-refractivity contribution in [1.82, 2.24) is 5.32 Å². The van der Waals surface area contributed by atoms with E-state index < -0.39 is 0 Å². The average Bonchev–Trinajstić information content (AvgIpc) is 2.33. The summed E-state index contributed by atoms with van der Waals surface area (Å²) in [7, 11) is 0. The summed E-state index contributed by atoms with van der Waals surface area (Å²) in [4.78, 5) is 11.6. The highest BCUT2D eigenvalue weighted by atomic mass is 128. The third-order valence-corrected chi connectivity index (χ3v) is 53.3. The summed E-state index contributed by atoms with van der Waals surface area (Å²) in [6.07, 6.45) is -0.309. The second kappa shape index (κ2) is 8.04. The maximum atomic E-state index is 11.6. The van der Waals surface area contributed by atoms with E-state index in [1.807, 2.05) is 18.2 Å². The Hall–Kier alpha value is 1.63. The minimum Gasteiger partial charge on any atom is -0.410 e. The van der Waals surface area contributed by atoms with Crippen LogP contribution in [0.15, 0.2) is 30.3 Å². The molecule has 0 saturated heterocycles. The van der Waals surface area contributed by atoms with Crippen LogP contribution in [0.3, 0.4) is 0 Å². The first-order valence-corrected chi connectivity index (χ1v) is 21.9. The SMILES string of the molecule is O=C(NC1=II=C(Br)I=I1)Oc1ccccc1. The summed E-state index contributed by atoms with van der Waals surface area (Å²) in [6, 6.07) is 9.21. The van der Waals surface area contributed by atoms with Gasteiger partial charge in [-0.1, -0.05) is 18.2 Å². The summed E-state index contributed by atoms with van der Waals surface area (Å²) < 4.78 is 8.22. The molecule has 0 radical (unpaired) electrons. The largest absolute Gasteiger partial charge is 0.417 e. The number of amides is 1. The van der Waals surface area contributed by atoms with Gasteiger partial charge >= 0.3 is 6.09 Å². The Morgan fingerprint density at radius 3 is 2.59 bits per heavy atom. The molecule has 1 heterocycles. The quantitative estimate of drug-likeness (QED) is 0.340. The van der Waals surface area contributed by atoms with Crippen LogP contribution in [0.5, 0.6) is 5.75 Å². The van der Waals surface area contributed by atoms with Gasteiger partial charge in [-0.15, -0.1) is 0 Å². The summed E-state index contributed by atoms with van der Waals surface area (Å²) in [5.41, 5.74) is 0. The predicted molar refractivity (Wildman–Crippen MR) is 111 cm³/mol. The van der Waals surface area contributed by atoms with Gasteiger partial charge in [0.15, 0.2) is 0 Å². The Kier molecular flexibility index (Phi) is 7.10. The van der Waals surface area contributed by atoms with E-state index in [1.165, 1.54) is 1.64 Å². The normalized spacial score (nSPS) is 15.6. The van der Waals surface area contributed by atoms with E-state index in [4.69, 9.17) is 4.74 Å². The standard InChI is InChI=1S/C9H6BrI4NO2/c10-7-11-13-8(14-12-7)15-9(16)17-6-4-2-1-3-5-6/h1-5H,(H,15,16). The molecule has 0 unspecified atom stereocenters. The minimum absolute atomic E-state index is 0.106. The molecule has 17 heavy (non-hydrogen) atoms. The number of halogens is 5. The van der Waals surface area contributed by atoms with Crippen LogP contribution >= 0.6 is 82.6 Å². The van der Waals surface area contributed by atoms with E-state index in [2.05, 4.69) is 21.2 Å². The van der Waals surface area contributed by atoms with Crippen molar-refractivity contribution in [2.75, 3.05) is 0 Å². The molecule has 1 aromatic rings. The summed E-state index contributed by atoms with van der Waals surface area (Å²) in [6.45, 7) is 0. The molecular weight excluding hydrogens is 742 g/mol. The number of hydrogen-bond acceptors (Lipinski definition) is 2. The Morgan fingerprint density at radius 1 is 1.18 bits per heavy atom. The van der Waals surface area contributed by atoms with Crippen LogP contribution in [0.25, 0.3) is 0 Å². The molecule has 0 atom stereocenters. The summed E-state index contributed by atoms with van der Waals surface area (Å²) >= 11 is 4.32. The molecule has 0 spiro atoms.